The number of sulfone groups is 1. The largest absolute Gasteiger partial charge is 0.389 e. The first-order valence-corrected chi connectivity index (χ1v) is 7.93. The van der Waals surface area contributed by atoms with Crippen LogP contribution in [0.15, 0.2) is 29.2 Å². The molecule has 5 N–H and O–H groups in total. The molecule has 0 aliphatic heterocycles. The average Bonchev–Trinajstić information content (AvgIpc) is 2.43. The van der Waals surface area contributed by atoms with Gasteiger partial charge in [0.25, 0.3) is 0 Å². The summed E-state index contributed by atoms with van der Waals surface area (Å²) in [6, 6.07) is 5.73. The van der Waals surface area contributed by atoms with Crippen molar-refractivity contribution in [1.82, 2.24) is 0 Å². The van der Waals surface area contributed by atoms with Gasteiger partial charge < -0.3 is 25.5 Å². The average molecular weight is 318 g/mol. The highest BCUT2D eigenvalue weighted by molar-refractivity contribution is 7.92. The summed E-state index contributed by atoms with van der Waals surface area (Å²) in [7, 11) is -4.20. The van der Waals surface area contributed by atoms with Crippen LogP contribution in [0.2, 0.25) is 0 Å². The lowest BCUT2D eigenvalue weighted by Crippen LogP contribution is -2.65. The van der Waals surface area contributed by atoms with Gasteiger partial charge in [-0.1, -0.05) is 17.7 Å². The van der Waals surface area contributed by atoms with Crippen LogP contribution in [-0.4, -0.2) is 69.7 Å². The summed E-state index contributed by atoms with van der Waals surface area (Å²) in [6.45, 7) is 1.77. The molecule has 0 amide bonds. The van der Waals surface area contributed by atoms with Gasteiger partial charge >= 0.3 is 0 Å². The van der Waals surface area contributed by atoms with Crippen molar-refractivity contribution in [3.05, 3.63) is 29.8 Å². The zero-order chi connectivity index (χ0) is 15.9. The maximum Gasteiger partial charge on any atom is 0.186 e. The smallest absolute Gasteiger partial charge is 0.186 e. The molecule has 1 saturated carbocycles. The minimum Gasteiger partial charge on any atom is -0.389 e. The van der Waals surface area contributed by atoms with Crippen LogP contribution >= 0.6 is 0 Å². The molecule has 2 unspecified atom stereocenters. The summed E-state index contributed by atoms with van der Waals surface area (Å²) >= 11 is 0. The Balaban J connectivity index is 2.45. The molecule has 0 bridgehead atoms. The third kappa shape index (κ3) is 2.70. The molecular weight excluding hydrogens is 300 g/mol. The van der Waals surface area contributed by atoms with Crippen LogP contribution in [0.3, 0.4) is 0 Å². The summed E-state index contributed by atoms with van der Waals surface area (Å²) in [5.41, 5.74) is 0.828. The van der Waals surface area contributed by atoms with E-state index in [0.29, 0.717) is 0 Å². The Morgan fingerprint density at radius 2 is 1.14 bits per heavy atom. The van der Waals surface area contributed by atoms with Crippen LogP contribution in [0.4, 0.5) is 0 Å². The van der Waals surface area contributed by atoms with Gasteiger partial charge in [0.05, 0.1) is 4.90 Å². The van der Waals surface area contributed by atoms with E-state index in [1.807, 2.05) is 0 Å². The van der Waals surface area contributed by atoms with Gasteiger partial charge in [-0.3, -0.25) is 0 Å². The van der Waals surface area contributed by atoms with Gasteiger partial charge in [-0.05, 0) is 19.1 Å². The van der Waals surface area contributed by atoms with E-state index >= 15 is 0 Å². The zero-order valence-corrected chi connectivity index (χ0v) is 12.1. The zero-order valence-electron chi connectivity index (χ0n) is 11.2. The second kappa shape index (κ2) is 5.64. The van der Waals surface area contributed by atoms with E-state index in [-0.39, 0.29) is 4.90 Å². The minimum absolute atomic E-state index is 0.146. The Bertz CT molecular complexity index is 581. The fourth-order valence-corrected chi connectivity index (χ4v) is 4.33. The van der Waals surface area contributed by atoms with E-state index < -0.39 is 45.6 Å². The number of rotatable bonds is 2. The van der Waals surface area contributed by atoms with Crippen molar-refractivity contribution in [2.45, 2.75) is 47.6 Å². The predicted molar refractivity (Wildman–Crippen MR) is 72.2 cm³/mol. The summed E-state index contributed by atoms with van der Waals surface area (Å²) in [4.78, 5) is -0.146. The van der Waals surface area contributed by atoms with Crippen molar-refractivity contribution < 1.29 is 34.0 Å². The first-order valence-electron chi connectivity index (χ1n) is 6.39. The normalized spacial score (nSPS) is 37.4. The molecule has 1 aliphatic rings. The first kappa shape index (κ1) is 16.3. The molecule has 0 aromatic heterocycles. The van der Waals surface area contributed by atoms with Crippen LogP contribution < -0.4 is 0 Å². The number of aliphatic hydroxyl groups excluding tert-OH is 5. The SMILES string of the molecule is Cc1ccc(S(=O)(=O)C2[C@@H](O)[C@H](O)C(O)[C@H](O)[C@@H]2O)cc1. The molecule has 0 radical (unpaired) electrons. The third-order valence-electron chi connectivity index (χ3n) is 3.78. The number of benzene rings is 1. The lowest BCUT2D eigenvalue weighted by atomic mass is 9.87. The minimum atomic E-state index is -4.20. The van der Waals surface area contributed by atoms with Crippen LogP contribution in [0, 0.1) is 6.92 Å². The van der Waals surface area contributed by atoms with E-state index in [9.17, 15) is 34.0 Å². The van der Waals surface area contributed by atoms with Crippen molar-refractivity contribution >= 4 is 9.84 Å². The summed E-state index contributed by atoms with van der Waals surface area (Å²) < 4.78 is 25.0. The fourth-order valence-electron chi connectivity index (χ4n) is 2.45. The van der Waals surface area contributed by atoms with E-state index in [1.165, 1.54) is 12.1 Å². The van der Waals surface area contributed by atoms with Gasteiger partial charge in [-0.2, -0.15) is 0 Å². The molecule has 1 aliphatic carbocycles. The Morgan fingerprint density at radius 3 is 1.57 bits per heavy atom. The number of aryl methyl sites for hydroxylation is 1. The van der Waals surface area contributed by atoms with Crippen molar-refractivity contribution in [2.24, 2.45) is 0 Å². The quantitative estimate of drug-likeness (QED) is 0.424. The predicted octanol–water partition coefficient (Wildman–Crippen LogP) is -2.04. The van der Waals surface area contributed by atoms with Crippen molar-refractivity contribution in [1.29, 1.82) is 0 Å². The van der Waals surface area contributed by atoms with E-state index in [0.717, 1.165) is 5.56 Å². The van der Waals surface area contributed by atoms with Gasteiger partial charge in [-0.15, -0.1) is 0 Å². The Labute approximate surface area is 122 Å². The molecule has 0 saturated heterocycles. The van der Waals surface area contributed by atoms with Gasteiger partial charge in [0, 0.05) is 0 Å². The van der Waals surface area contributed by atoms with E-state index in [1.54, 1.807) is 19.1 Å². The lowest BCUT2D eigenvalue weighted by Gasteiger charge is -2.41. The third-order valence-corrected chi connectivity index (χ3v) is 5.98. The highest BCUT2D eigenvalue weighted by Gasteiger charge is 2.53. The van der Waals surface area contributed by atoms with Gasteiger partial charge in [0.1, 0.15) is 35.8 Å². The van der Waals surface area contributed by atoms with Crippen LogP contribution in [0.1, 0.15) is 5.56 Å². The maximum atomic E-state index is 12.5. The molecule has 7 nitrogen and oxygen atoms in total. The van der Waals surface area contributed by atoms with Crippen LogP contribution in [-0.2, 0) is 9.84 Å². The van der Waals surface area contributed by atoms with Crippen molar-refractivity contribution in [3.8, 4) is 0 Å². The highest BCUT2D eigenvalue weighted by atomic mass is 32.2. The number of hydrogen-bond donors (Lipinski definition) is 5. The molecule has 1 aromatic carbocycles. The summed E-state index contributed by atoms with van der Waals surface area (Å²) in [6.07, 6.45) is -9.38. The van der Waals surface area contributed by atoms with Crippen LogP contribution in [0.25, 0.3) is 0 Å². The molecule has 1 aromatic rings. The van der Waals surface area contributed by atoms with Crippen LogP contribution in [0.5, 0.6) is 0 Å². The lowest BCUT2D eigenvalue weighted by molar-refractivity contribution is -0.173. The van der Waals surface area contributed by atoms with Gasteiger partial charge in [0.15, 0.2) is 9.84 Å². The van der Waals surface area contributed by atoms with Gasteiger partial charge in [-0.25, -0.2) is 8.42 Å². The molecule has 6 atom stereocenters. The molecule has 8 heteroatoms. The van der Waals surface area contributed by atoms with Crippen molar-refractivity contribution in [3.63, 3.8) is 0 Å². The maximum absolute atomic E-state index is 12.5. The molecule has 21 heavy (non-hydrogen) atoms. The number of hydrogen-bond acceptors (Lipinski definition) is 7. The molecule has 118 valence electrons. The molecule has 0 spiro atoms. The topological polar surface area (TPSA) is 135 Å². The Kier molecular flexibility index (Phi) is 4.39. The van der Waals surface area contributed by atoms with E-state index in [2.05, 4.69) is 0 Å². The standard InChI is InChI=1S/C13H18O7S/c1-6-2-4-7(5-3-6)21(19,20)13-11(17)9(15)8(14)10(16)12(13)18/h2-5,8-18H,1H3/t8?,9-,10+,11-,12-,13?/m0/s1. The molecular formula is C13H18O7S. The van der Waals surface area contributed by atoms with Gasteiger partial charge in [0.2, 0.25) is 0 Å². The summed E-state index contributed by atoms with van der Waals surface area (Å²) in [5, 5.41) is 46.7. The Hall–Kier alpha value is -1.03. The first-order chi connectivity index (χ1) is 9.67. The monoisotopic (exact) mass is 318 g/mol. The second-order valence-corrected chi connectivity index (χ2v) is 7.38. The Morgan fingerprint density at radius 1 is 0.762 bits per heavy atom. The number of aliphatic hydroxyl groups is 5. The van der Waals surface area contributed by atoms with E-state index in [4.69, 9.17) is 0 Å². The van der Waals surface area contributed by atoms with Crippen molar-refractivity contribution in [2.75, 3.05) is 0 Å². The fraction of sp³-hybridized carbons (Fsp3) is 0.538. The molecule has 2 rings (SSSR count). The molecule has 1 fully saturated rings. The summed E-state index contributed by atoms with van der Waals surface area (Å²) in [5.74, 6) is 0. The second-order valence-electron chi connectivity index (χ2n) is 5.28. The highest BCUT2D eigenvalue weighted by Crippen LogP contribution is 2.30. The molecule has 0 heterocycles.